The average Bonchev–Trinajstić information content (AvgIpc) is 3.77. The summed E-state index contributed by atoms with van der Waals surface area (Å²) in [7, 11) is 0. The first-order valence-electron chi connectivity index (χ1n) is 18.5. The summed E-state index contributed by atoms with van der Waals surface area (Å²) in [6.07, 6.45) is 3.85. The number of nitrogens with zero attached hydrogens (tertiary/aromatic N) is 2. The van der Waals surface area contributed by atoms with Crippen LogP contribution in [-0.4, -0.2) is 47.6 Å². The number of rotatable bonds is 10. The second kappa shape index (κ2) is 16.2. The third kappa shape index (κ3) is 7.99. The fourth-order valence-corrected chi connectivity index (χ4v) is 7.48. The predicted octanol–water partition coefficient (Wildman–Crippen LogP) is 7.79. The van der Waals surface area contributed by atoms with Gasteiger partial charge in [-0.05, 0) is 107 Å². The van der Waals surface area contributed by atoms with Crippen LogP contribution in [0.4, 0.5) is 0 Å². The number of aromatic nitrogens is 1. The van der Waals surface area contributed by atoms with E-state index in [1.807, 2.05) is 61.7 Å². The number of pyridine rings is 1. The third-order valence-corrected chi connectivity index (χ3v) is 11.2. The monoisotopic (exact) mass is 790 g/mol. The van der Waals surface area contributed by atoms with Crippen molar-refractivity contribution in [2.24, 2.45) is 0 Å². The van der Waals surface area contributed by atoms with Crippen molar-refractivity contribution in [1.29, 1.82) is 0 Å². The second-order valence-corrected chi connectivity index (χ2v) is 14.9. The Balaban J connectivity index is 0.927. The van der Waals surface area contributed by atoms with Crippen LogP contribution >= 0.6 is 23.2 Å². The molecule has 0 bridgehead atoms. The Morgan fingerprint density at radius 3 is 2.48 bits per heavy atom. The predicted molar refractivity (Wildman–Crippen MR) is 214 cm³/mol. The molecular weight excluding hydrogens is 751 g/mol. The van der Waals surface area contributed by atoms with E-state index in [4.69, 9.17) is 42.1 Å². The minimum Gasteiger partial charge on any atom is -0.489 e. The minimum atomic E-state index is -0.730. The summed E-state index contributed by atoms with van der Waals surface area (Å²) in [5.41, 5.74) is 9.52. The van der Waals surface area contributed by atoms with Crippen LogP contribution in [-0.2, 0) is 40.3 Å². The van der Waals surface area contributed by atoms with Crippen molar-refractivity contribution >= 4 is 35.0 Å². The molecule has 2 atom stereocenters. The maximum Gasteiger partial charge on any atom is 0.274 e. The molecule has 3 aliphatic heterocycles. The van der Waals surface area contributed by atoms with Crippen LogP contribution in [0.1, 0.15) is 45.2 Å². The molecule has 0 fully saturated rings. The van der Waals surface area contributed by atoms with Crippen LogP contribution in [0.15, 0.2) is 103 Å². The highest BCUT2D eigenvalue weighted by atomic mass is 35.5. The van der Waals surface area contributed by atoms with Gasteiger partial charge in [0.1, 0.15) is 37.0 Å². The normalized spacial score (nSPS) is 16.9. The highest BCUT2D eigenvalue weighted by molar-refractivity contribution is 6.42. The minimum absolute atomic E-state index is 0.200. The van der Waals surface area contributed by atoms with Crippen LogP contribution in [0.3, 0.4) is 0 Å². The Labute approximate surface area is 335 Å². The molecule has 0 aliphatic carbocycles. The maximum atomic E-state index is 13.8. The number of amides is 2. The number of hydrogen-bond donors (Lipinski definition) is 2. The van der Waals surface area contributed by atoms with Gasteiger partial charge in [-0.15, -0.1) is 0 Å². The van der Waals surface area contributed by atoms with Gasteiger partial charge < -0.3 is 34.5 Å². The molecule has 2 N–H and O–H groups in total. The summed E-state index contributed by atoms with van der Waals surface area (Å²) >= 11 is 12.2. The molecule has 12 heteroatoms. The SMILES string of the molecule is Cc1nccc(-c2ccc(CCNC(=O)C3Cc4cc5c(cc4CN3C(=O)C3=COCN3)OC(c3ccc(OCc4ccc(Cl)c(Cl)c4)cc3)CO5)cc2)c1C. The van der Waals surface area contributed by atoms with Gasteiger partial charge in [0.05, 0.1) is 10.0 Å². The van der Waals surface area contributed by atoms with Crippen LogP contribution < -0.4 is 24.8 Å². The van der Waals surface area contributed by atoms with E-state index in [9.17, 15) is 9.59 Å². The molecule has 0 radical (unpaired) electrons. The summed E-state index contributed by atoms with van der Waals surface area (Å²) in [5, 5.41) is 7.05. The van der Waals surface area contributed by atoms with E-state index in [2.05, 4.69) is 46.8 Å². The average molecular weight is 792 g/mol. The van der Waals surface area contributed by atoms with Crippen LogP contribution in [0, 0.1) is 13.8 Å². The highest BCUT2D eigenvalue weighted by Gasteiger charge is 2.38. The summed E-state index contributed by atoms with van der Waals surface area (Å²) in [4.78, 5) is 33.6. The number of hydrogen-bond acceptors (Lipinski definition) is 8. The van der Waals surface area contributed by atoms with Gasteiger partial charge in [-0.3, -0.25) is 14.6 Å². The molecular formula is C44H40Cl2N4O6. The van der Waals surface area contributed by atoms with Crippen LogP contribution in [0.25, 0.3) is 11.1 Å². The Bertz CT molecular complexity index is 2310. The molecule has 1 aromatic heterocycles. The summed E-state index contributed by atoms with van der Waals surface area (Å²) in [5.74, 6) is 1.36. The van der Waals surface area contributed by atoms with E-state index >= 15 is 0 Å². The van der Waals surface area contributed by atoms with E-state index in [1.54, 1.807) is 17.0 Å². The zero-order chi connectivity index (χ0) is 38.8. The van der Waals surface area contributed by atoms with Gasteiger partial charge in [-0.1, -0.05) is 65.7 Å². The van der Waals surface area contributed by atoms with Crippen molar-refractivity contribution in [3.05, 3.63) is 152 Å². The quantitative estimate of drug-likeness (QED) is 0.148. The van der Waals surface area contributed by atoms with Gasteiger partial charge in [0.25, 0.3) is 5.91 Å². The number of fused-ring (bicyclic) bond motifs is 2. The standard InChI is InChI=1S/C44H40Cl2N4O6/c1-26-27(2)47-16-14-35(26)30-6-3-28(4-7-30)13-15-48-43(51)39-18-32-19-40-41(20-33(32)21-50(39)44(52)38-23-53-25-49-38)56-42(24-55-40)31-8-10-34(11-9-31)54-22-29-5-12-36(45)37(46)17-29/h3-12,14,16-17,19-20,23,39,42,49H,13,15,18,21-22,24-25H2,1-2H3,(H,48,51). The Morgan fingerprint density at radius 2 is 1.71 bits per heavy atom. The summed E-state index contributed by atoms with van der Waals surface area (Å²) < 4.78 is 23.9. The second-order valence-electron chi connectivity index (χ2n) is 14.1. The number of benzene rings is 4. The first-order chi connectivity index (χ1) is 27.2. The van der Waals surface area contributed by atoms with Gasteiger partial charge in [0.2, 0.25) is 5.91 Å². The maximum absolute atomic E-state index is 13.8. The zero-order valence-corrected chi connectivity index (χ0v) is 32.5. The molecule has 3 aliphatic rings. The molecule has 286 valence electrons. The van der Waals surface area contributed by atoms with Crippen LogP contribution in [0.5, 0.6) is 17.2 Å². The zero-order valence-electron chi connectivity index (χ0n) is 30.9. The number of ether oxygens (including phenoxy) is 4. The number of halogens is 2. The summed E-state index contributed by atoms with van der Waals surface area (Å²) in [6, 6.07) is 26.6. The molecule has 56 heavy (non-hydrogen) atoms. The summed E-state index contributed by atoms with van der Waals surface area (Å²) in [6.45, 7) is 5.59. The van der Waals surface area contributed by atoms with Crippen LogP contribution in [0.2, 0.25) is 10.0 Å². The first kappa shape index (κ1) is 37.2. The van der Waals surface area contributed by atoms with Gasteiger partial charge in [0, 0.05) is 31.4 Å². The lowest BCUT2D eigenvalue weighted by Crippen LogP contribution is -2.53. The molecule has 2 unspecified atom stereocenters. The molecule has 5 aromatic rings. The van der Waals surface area contributed by atoms with Crippen molar-refractivity contribution in [2.45, 2.75) is 52.0 Å². The number of aryl methyl sites for hydroxylation is 1. The molecule has 10 nitrogen and oxygen atoms in total. The lowest BCUT2D eigenvalue weighted by Gasteiger charge is -2.37. The largest absolute Gasteiger partial charge is 0.489 e. The van der Waals surface area contributed by atoms with E-state index in [0.29, 0.717) is 65.6 Å². The first-order valence-corrected chi connectivity index (χ1v) is 19.2. The van der Waals surface area contributed by atoms with E-state index in [0.717, 1.165) is 50.2 Å². The Hall–Kier alpha value is -5.71. The third-order valence-electron chi connectivity index (χ3n) is 10.5. The van der Waals surface area contributed by atoms with Crippen molar-refractivity contribution in [3.8, 4) is 28.4 Å². The smallest absolute Gasteiger partial charge is 0.274 e. The molecule has 0 saturated heterocycles. The van der Waals surface area contributed by atoms with E-state index in [-0.39, 0.29) is 31.2 Å². The molecule has 4 aromatic carbocycles. The van der Waals surface area contributed by atoms with Gasteiger partial charge >= 0.3 is 0 Å². The lowest BCUT2D eigenvalue weighted by atomic mass is 9.92. The molecule has 8 rings (SSSR count). The van der Waals surface area contributed by atoms with Crippen molar-refractivity contribution in [1.82, 2.24) is 20.5 Å². The van der Waals surface area contributed by atoms with Crippen molar-refractivity contribution in [3.63, 3.8) is 0 Å². The molecule has 0 spiro atoms. The topological polar surface area (TPSA) is 111 Å². The number of nitrogens with one attached hydrogen (secondary N) is 2. The molecule has 4 heterocycles. The number of carbonyl (C=O) groups excluding carboxylic acids is 2. The van der Waals surface area contributed by atoms with E-state index < -0.39 is 6.04 Å². The van der Waals surface area contributed by atoms with Gasteiger partial charge in [-0.2, -0.15) is 0 Å². The van der Waals surface area contributed by atoms with Gasteiger partial charge in [0.15, 0.2) is 24.3 Å². The van der Waals surface area contributed by atoms with Crippen molar-refractivity contribution < 1.29 is 28.5 Å². The van der Waals surface area contributed by atoms with E-state index in [1.165, 1.54) is 6.26 Å². The fourth-order valence-electron chi connectivity index (χ4n) is 7.16. The number of carbonyl (C=O) groups is 2. The lowest BCUT2D eigenvalue weighted by molar-refractivity contribution is -0.139. The van der Waals surface area contributed by atoms with Crippen molar-refractivity contribution in [2.75, 3.05) is 19.9 Å². The fraction of sp³-hybridized carbons (Fsp3) is 0.250. The van der Waals surface area contributed by atoms with Gasteiger partial charge in [-0.25, -0.2) is 0 Å². The Kier molecular flexibility index (Phi) is 10.8. The molecule has 0 saturated carbocycles. The Morgan fingerprint density at radius 1 is 0.929 bits per heavy atom. The highest BCUT2D eigenvalue weighted by Crippen LogP contribution is 2.41. The molecule has 2 amide bonds.